The van der Waals surface area contributed by atoms with Crippen LogP contribution in [0.5, 0.6) is 0 Å². The van der Waals surface area contributed by atoms with Gasteiger partial charge in [0, 0.05) is 31.7 Å². The molecule has 1 aromatic rings. The maximum Gasteiger partial charge on any atom is 0.251 e. The molecule has 1 atom stereocenters. The maximum atomic E-state index is 12.6. The standard InChI is InChI=1S/C18H30N4O4S.ClH/c1-5-22(6-2)27(25,26)15-9-7-8-14(12-15)17(23)21-16(13(3)4)18(24)20-11-10-19;/h7-9,12-13,16H,5-6,10-11,19H2,1-4H3,(H,20,24)(H,21,23);1H. The van der Waals surface area contributed by atoms with E-state index < -0.39 is 22.0 Å². The lowest BCUT2D eigenvalue weighted by molar-refractivity contribution is -0.123. The number of sulfonamides is 1. The molecule has 0 heterocycles. The van der Waals surface area contributed by atoms with E-state index in [9.17, 15) is 18.0 Å². The van der Waals surface area contributed by atoms with Gasteiger partial charge in [-0.25, -0.2) is 8.42 Å². The number of nitrogens with zero attached hydrogens (tertiary/aromatic N) is 1. The second-order valence-corrected chi connectivity index (χ2v) is 8.33. The SMILES string of the molecule is CCN(CC)S(=O)(=O)c1cccc(C(=O)NC(C(=O)NCCN)C(C)C)c1.Cl. The molecule has 1 unspecified atom stereocenters. The van der Waals surface area contributed by atoms with Gasteiger partial charge >= 0.3 is 0 Å². The summed E-state index contributed by atoms with van der Waals surface area (Å²) >= 11 is 0. The Hall–Kier alpha value is -1.68. The van der Waals surface area contributed by atoms with E-state index in [1.54, 1.807) is 13.8 Å². The summed E-state index contributed by atoms with van der Waals surface area (Å²) in [5.74, 6) is -0.974. The number of rotatable bonds is 10. The number of nitrogens with two attached hydrogens (primary N) is 1. The first-order chi connectivity index (χ1) is 12.7. The quantitative estimate of drug-likeness (QED) is 0.506. The molecule has 10 heteroatoms. The van der Waals surface area contributed by atoms with Crippen LogP contribution in [0.3, 0.4) is 0 Å². The Bertz CT molecular complexity index is 752. The van der Waals surface area contributed by atoms with Crippen molar-refractivity contribution in [1.29, 1.82) is 0 Å². The van der Waals surface area contributed by atoms with Gasteiger partial charge in [-0.3, -0.25) is 9.59 Å². The highest BCUT2D eigenvalue weighted by atomic mass is 35.5. The molecule has 0 radical (unpaired) electrons. The van der Waals surface area contributed by atoms with Gasteiger partial charge in [-0.1, -0.05) is 33.8 Å². The summed E-state index contributed by atoms with van der Waals surface area (Å²) in [6.07, 6.45) is 0. The number of benzene rings is 1. The molecule has 1 aromatic carbocycles. The van der Waals surface area contributed by atoms with Crippen LogP contribution in [0, 0.1) is 5.92 Å². The van der Waals surface area contributed by atoms with E-state index in [0.29, 0.717) is 26.2 Å². The predicted molar refractivity (Wildman–Crippen MR) is 112 cm³/mol. The average Bonchev–Trinajstić information content (AvgIpc) is 2.64. The predicted octanol–water partition coefficient (Wildman–Crippen LogP) is 0.968. The first-order valence-corrected chi connectivity index (χ1v) is 10.5. The molecular formula is C18H31ClN4O4S. The highest BCUT2D eigenvalue weighted by Gasteiger charge is 2.26. The Morgan fingerprint density at radius 1 is 1.18 bits per heavy atom. The Morgan fingerprint density at radius 2 is 1.79 bits per heavy atom. The van der Waals surface area contributed by atoms with E-state index in [4.69, 9.17) is 5.73 Å². The number of carbonyl (C=O) groups excluding carboxylic acids is 2. The molecule has 1 rings (SSSR count). The summed E-state index contributed by atoms with van der Waals surface area (Å²) in [6, 6.07) is 5.08. The van der Waals surface area contributed by atoms with Crippen molar-refractivity contribution < 1.29 is 18.0 Å². The zero-order chi connectivity index (χ0) is 20.6. The van der Waals surface area contributed by atoms with E-state index in [-0.39, 0.29) is 34.7 Å². The third kappa shape index (κ3) is 6.73. The average molecular weight is 435 g/mol. The van der Waals surface area contributed by atoms with E-state index in [0.717, 1.165) is 0 Å². The highest BCUT2D eigenvalue weighted by Crippen LogP contribution is 2.17. The minimum absolute atomic E-state index is 0. The van der Waals surface area contributed by atoms with Crippen molar-refractivity contribution in [3.8, 4) is 0 Å². The van der Waals surface area contributed by atoms with Gasteiger partial charge in [0.1, 0.15) is 6.04 Å². The number of hydrogen-bond acceptors (Lipinski definition) is 5. The summed E-state index contributed by atoms with van der Waals surface area (Å²) in [6.45, 7) is 8.43. The minimum Gasteiger partial charge on any atom is -0.353 e. The minimum atomic E-state index is -3.67. The monoisotopic (exact) mass is 434 g/mol. The molecular weight excluding hydrogens is 404 g/mol. The largest absolute Gasteiger partial charge is 0.353 e. The van der Waals surface area contributed by atoms with Gasteiger partial charge in [-0.05, 0) is 24.1 Å². The van der Waals surface area contributed by atoms with Crippen molar-refractivity contribution in [3.05, 3.63) is 29.8 Å². The Labute approximate surface area is 173 Å². The number of amides is 2. The molecule has 0 spiro atoms. The van der Waals surface area contributed by atoms with Crippen LogP contribution in [0.15, 0.2) is 29.2 Å². The fourth-order valence-corrected chi connectivity index (χ4v) is 4.08. The molecule has 160 valence electrons. The van der Waals surface area contributed by atoms with Crippen LogP contribution in [0.4, 0.5) is 0 Å². The van der Waals surface area contributed by atoms with Crippen molar-refractivity contribution in [3.63, 3.8) is 0 Å². The fourth-order valence-electron chi connectivity index (χ4n) is 2.58. The van der Waals surface area contributed by atoms with Crippen molar-refractivity contribution in [2.45, 2.75) is 38.6 Å². The second kappa shape index (κ2) is 12.0. The van der Waals surface area contributed by atoms with Gasteiger partial charge in [0.15, 0.2) is 0 Å². The number of carbonyl (C=O) groups is 2. The van der Waals surface area contributed by atoms with Crippen LogP contribution in [-0.4, -0.2) is 56.8 Å². The number of nitrogens with one attached hydrogen (secondary N) is 2. The van der Waals surface area contributed by atoms with Crippen molar-refractivity contribution in [2.24, 2.45) is 11.7 Å². The lowest BCUT2D eigenvalue weighted by Gasteiger charge is -2.22. The first kappa shape index (κ1) is 26.3. The molecule has 0 bridgehead atoms. The van der Waals surface area contributed by atoms with Gasteiger partial charge < -0.3 is 16.4 Å². The van der Waals surface area contributed by atoms with Gasteiger partial charge in [0.05, 0.1) is 4.90 Å². The molecule has 0 aliphatic carbocycles. The molecule has 0 saturated carbocycles. The molecule has 28 heavy (non-hydrogen) atoms. The van der Waals surface area contributed by atoms with Crippen LogP contribution in [0.2, 0.25) is 0 Å². The summed E-state index contributed by atoms with van der Waals surface area (Å²) in [7, 11) is -3.67. The molecule has 0 aromatic heterocycles. The van der Waals surface area contributed by atoms with Gasteiger partial charge in [-0.2, -0.15) is 4.31 Å². The Balaban J connectivity index is 0.00000729. The van der Waals surface area contributed by atoms with Crippen molar-refractivity contribution in [2.75, 3.05) is 26.2 Å². The highest BCUT2D eigenvalue weighted by molar-refractivity contribution is 7.89. The maximum absolute atomic E-state index is 12.6. The molecule has 2 amide bonds. The summed E-state index contributed by atoms with van der Waals surface area (Å²) in [5.41, 5.74) is 5.57. The van der Waals surface area contributed by atoms with Crippen LogP contribution < -0.4 is 16.4 Å². The third-order valence-corrected chi connectivity index (χ3v) is 6.16. The van der Waals surface area contributed by atoms with E-state index in [1.165, 1.54) is 28.6 Å². The zero-order valence-corrected chi connectivity index (χ0v) is 18.4. The number of halogens is 1. The van der Waals surface area contributed by atoms with E-state index in [2.05, 4.69) is 10.6 Å². The van der Waals surface area contributed by atoms with Crippen molar-refractivity contribution >= 4 is 34.2 Å². The van der Waals surface area contributed by atoms with Gasteiger partial charge in [-0.15, -0.1) is 12.4 Å². The molecule has 8 nitrogen and oxygen atoms in total. The zero-order valence-electron chi connectivity index (χ0n) is 16.8. The lowest BCUT2D eigenvalue weighted by atomic mass is 10.0. The Kier molecular flexibility index (Phi) is 11.3. The topological polar surface area (TPSA) is 122 Å². The summed E-state index contributed by atoms with van der Waals surface area (Å²) < 4.78 is 26.6. The van der Waals surface area contributed by atoms with Crippen LogP contribution in [0.1, 0.15) is 38.1 Å². The lowest BCUT2D eigenvalue weighted by Crippen LogP contribution is -2.50. The summed E-state index contributed by atoms with van der Waals surface area (Å²) in [5, 5.41) is 5.33. The smallest absolute Gasteiger partial charge is 0.251 e. The molecule has 4 N–H and O–H groups in total. The van der Waals surface area contributed by atoms with Crippen molar-refractivity contribution in [1.82, 2.24) is 14.9 Å². The molecule has 0 saturated heterocycles. The first-order valence-electron chi connectivity index (χ1n) is 9.07. The van der Waals surface area contributed by atoms with Gasteiger partial charge in [0.25, 0.3) is 5.91 Å². The fraction of sp³-hybridized carbons (Fsp3) is 0.556. The number of hydrogen-bond donors (Lipinski definition) is 3. The second-order valence-electron chi connectivity index (χ2n) is 6.39. The van der Waals surface area contributed by atoms with Gasteiger partial charge in [0.2, 0.25) is 15.9 Å². The molecule has 0 aliphatic rings. The van der Waals surface area contributed by atoms with Crippen LogP contribution in [0.25, 0.3) is 0 Å². The summed E-state index contributed by atoms with van der Waals surface area (Å²) in [4.78, 5) is 24.9. The third-order valence-electron chi connectivity index (χ3n) is 4.12. The van der Waals surface area contributed by atoms with Crippen LogP contribution in [-0.2, 0) is 14.8 Å². The molecule has 0 aliphatic heterocycles. The molecule has 0 fully saturated rings. The van der Waals surface area contributed by atoms with E-state index >= 15 is 0 Å². The normalized spacial score (nSPS) is 12.4. The van der Waals surface area contributed by atoms with E-state index in [1.807, 2.05) is 13.8 Å². The Morgan fingerprint density at radius 3 is 2.29 bits per heavy atom. The van der Waals surface area contributed by atoms with Crippen LogP contribution >= 0.6 is 12.4 Å².